The van der Waals surface area contributed by atoms with Crippen LogP contribution in [-0.4, -0.2) is 54.9 Å². The van der Waals surface area contributed by atoms with E-state index in [0.29, 0.717) is 18.1 Å². The van der Waals surface area contributed by atoms with Gasteiger partial charge in [0.2, 0.25) is 0 Å². The minimum Gasteiger partial charge on any atom is -0.377 e. The third kappa shape index (κ3) is 2.52. The molecule has 4 rings (SSSR count). The standard InChI is InChI=1S/C17H29N3O2/c1-17(2)14(13-7-10-22-15(13)17)19-16(21)18-11-5-8-20(9-6-11)12-3-4-12/h11-15H,3-10H2,1-2H3,(H2,18,19,21)/t13-,14+,15+/m0/s1. The highest BCUT2D eigenvalue weighted by molar-refractivity contribution is 5.75. The molecule has 0 bridgehead atoms. The average Bonchev–Trinajstić information content (AvgIpc) is 3.24. The lowest BCUT2D eigenvalue weighted by atomic mass is 9.57. The van der Waals surface area contributed by atoms with Crippen LogP contribution < -0.4 is 10.6 Å². The molecule has 0 aromatic rings. The second-order valence-corrected chi connectivity index (χ2v) is 8.20. The molecule has 2 N–H and O–H groups in total. The van der Waals surface area contributed by atoms with Gasteiger partial charge in [-0.3, -0.25) is 0 Å². The van der Waals surface area contributed by atoms with Crippen LogP contribution in [0.1, 0.15) is 46.0 Å². The average molecular weight is 307 g/mol. The Balaban J connectivity index is 1.25. The number of rotatable bonds is 3. The number of fused-ring (bicyclic) bond motifs is 1. The number of ether oxygens (including phenoxy) is 1. The van der Waals surface area contributed by atoms with E-state index in [2.05, 4.69) is 29.4 Å². The molecule has 0 radical (unpaired) electrons. The summed E-state index contributed by atoms with van der Waals surface area (Å²) < 4.78 is 5.79. The van der Waals surface area contributed by atoms with Crippen molar-refractivity contribution in [2.75, 3.05) is 19.7 Å². The molecule has 0 aromatic heterocycles. The Morgan fingerprint density at radius 3 is 2.50 bits per heavy atom. The number of hydrogen-bond acceptors (Lipinski definition) is 3. The highest BCUT2D eigenvalue weighted by Crippen LogP contribution is 2.52. The highest BCUT2D eigenvalue weighted by atomic mass is 16.5. The van der Waals surface area contributed by atoms with Gasteiger partial charge in [-0.25, -0.2) is 4.79 Å². The molecule has 22 heavy (non-hydrogen) atoms. The van der Waals surface area contributed by atoms with Crippen molar-refractivity contribution >= 4 is 6.03 Å². The van der Waals surface area contributed by atoms with Crippen LogP contribution in [0.15, 0.2) is 0 Å². The number of nitrogens with one attached hydrogen (secondary N) is 2. The quantitative estimate of drug-likeness (QED) is 0.835. The summed E-state index contributed by atoms with van der Waals surface area (Å²) >= 11 is 0. The summed E-state index contributed by atoms with van der Waals surface area (Å²) in [7, 11) is 0. The zero-order valence-electron chi connectivity index (χ0n) is 13.8. The van der Waals surface area contributed by atoms with Crippen molar-refractivity contribution in [1.29, 1.82) is 0 Å². The molecular formula is C17H29N3O2. The van der Waals surface area contributed by atoms with E-state index in [-0.39, 0.29) is 17.5 Å². The summed E-state index contributed by atoms with van der Waals surface area (Å²) in [6, 6.07) is 1.47. The number of hydrogen-bond donors (Lipinski definition) is 2. The molecule has 0 aromatic carbocycles. The summed E-state index contributed by atoms with van der Waals surface area (Å²) in [4.78, 5) is 14.9. The van der Waals surface area contributed by atoms with Gasteiger partial charge in [0, 0.05) is 49.2 Å². The van der Waals surface area contributed by atoms with E-state index in [1.807, 2.05) is 0 Å². The normalized spacial score (nSPS) is 38.2. The molecule has 2 saturated heterocycles. The predicted molar refractivity (Wildman–Crippen MR) is 84.7 cm³/mol. The van der Waals surface area contributed by atoms with E-state index >= 15 is 0 Å². The van der Waals surface area contributed by atoms with Crippen LogP contribution in [0.4, 0.5) is 4.79 Å². The number of piperidine rings is 1. The molecule has 5 heteroatoms. The molecule has 3 atom stereocenters. The monoisotopic (exact) mass is 307 g/mol. The maximum atomic E-state index is 12.3. The molecule has 0 unspecified atom stereocenters. The van der Waals surface area contributed by atoms with Crippen LogP contribution in [0.3, 0.4) is 0 Å². The van der Waals surface area contributed by atoms with Gasteiger partial charge < -0.3 is 20.3 Å². The lowest BCUT2D eigenvalue weighted by molar-refractivity contribution is -0.108. The summed E-state index contributed by atoms with van der Waals surface area (Å²) in [5.41, 5.74) is 0.0633. The van der Waals surface area contributed by atoms with Gasteiger partial charge in [0.25, 0.3) is 0 Å². The first kappa shape index (κ1) is 14.8. The Morgan fingerprint density at radius 2 is 1.82 bits per heavy atom. The van der Waals surface area contributed by atoms with Crippen molar-refractivity contribution in [3.63, 3.8) is 0 Å². The molecule has 2 amide bonds. The van der Waals surface area contributed by atoms with Crippen molar-refractivity contribution in [2.45, 2.75) is 70.2 Å². The SMILES string of the molecule is CC1(C)[C@H](NC(=O)NC2CCN(C3CC3)CC2)[C@@H]2CCO[C@H]21. The van der Waals surface area contributed by atoms with Crippen molar-refractivity contribution in [3.8, 4) is 0 Å². The van der Waals surface area contributed by atoms with Crippen LogP contribution >= 0.6 is 0 Å². The number of likely N-dealkylation sites (tertiary alicyclic amines) is 1. The van der Waals surface area contributed by atoms with Crippen LogP contribution in [0.2, 0.25) is 0 Å². The van der Waals surface area contributed by atoms with E-state index in [9.17, 15) is 4.79 Å². The molecule has 2 aliphatic carbocycles. The summed E-state index contributed by atoms with van der Waals surface area (Å²) in [5, 5.41) is 6.43. The number of nitrogens with zero attached hydrogens (tertiary/aromatic N) is 1. The van der Waals surface area contributed by atoms with Crippen molar-refractivity contribution < 1.29 is 9.53 Å². The largest absolute Gasteiger partial charge is 0.377 e. The lowest BCUT2D eigenvalue weighted by Gasteiger charge is -2.54. The molecule has 2 heterocycles. The Hall–Kier alpha value is -0.810. The van der Waals surface area contributed by atoms with Gasteiger partial charge in [0.1, 0.15) is 0 Å². The number of carbonyl (C=O) groups excluding carboxylic acids is 1. The first-order chi connectivity index (χ1) is 10.6. The molecule has 5 nitrogen and oxygen atoms in total. The molecule has 4 aliphatic rings. The number of carbonyl (C=O) groups is 1. The van der Waals surface area contributed by atoms with Gasteiger partial charge in [-0.1, -0.05) is 13.8 Å². The van der Waals surface area contributed by atoms with Gasteiger partial charge in [-0.15, -0.1) is 0 Å². The van der Waals surface area contributed by atoms with Gasteiger partial charge in [0.05, 0.1) is 6.10 Å². The third-order valence-corrected chi connectivity index (χ3v) is 6.32. The van der Waals surface area contributed by atoms with Gasteiger partial charge in [-0.2, -0.15) is 0 Å². The topological polar surface area (TPSA) is 53.6 Å². The fourth-order valence-electron chi connectivity index (χ4n) is 4.83. The molecule has 2 aliphatic heterocycles. The Labute approximate surface area is 133 Å². The third-order valence-electron chi connectivity index (χ3n) is 6.32. The molecule has 0 spiro atoms. The van der Waals surface area contributed by atoms with Gasteiger partial charge in [0.15, 0.2) is 0 Å². The Bertz CT molecular complexity index is 441. The molecular weight excluding hydrogens is 278 g/mol. The van der Waals surface area contributed by atoms with E-state index in [0.717, 1.165) is 45.0 Å². The first-order valence-electron chi connectivity index (χ1n) is 8.98. The fraction of sp³-hybridized carbons (Fsp3) is 0.941. The minimum atomic E-state index is 0.0216. The second-order valence-electron chi connectivity index (χ2n) is 8.20. The van der Waals surface area contributed by atoms with E-state index in [4.69, 9.17) is 4.74 Å². The Kier molecular flexibility index (Phi) is 3.61. The highest BCUT2D eigenvalue weighted by Gasteiger charge is 2.59. The van der Waals surface area contributed by atoms with E-state index < -0.39 is 0 Å². The molecule has 124 valence electrons. The number of urea groups is 1. The van der Waals surface area contributed by atoms with Crippen LogP contribution in [0.5, 0.6) is 0 Å². The van der Waals surface area contributed by atoms with Crippen molar-refractivity contribution in [3.05, 3.63) is 0 Å². The smallest absolute Gasteiger partial charge is 0.315 e. The van der Waals surface area contributed by atoms with Crippen molar-refractivity contribution in [1.82, 2.24) is 15.5 Å². The Morgan fingerprint density at radius 1 is 1.09 bits per heavy atom. The van der Waals surface area contributed by atoms with Crippen LogP contribution in [0, 0.1) is 11.3 Å². The summed E-state index contributed by atoms with van der Waals surface area (Å²) in [6.07, 6.45) is 6.35. The predicted octanol–water partition coefficient (Wildman–Crippen LogP) is 1.73. The minimum absolute atomic E-state index is 0.0216. The van der Waals surface area contributed by atoms with Gasteiger partial charge in [-0.05, 0) is 32.1 Å². The fourth-order valence-corrected chi connectivity index (χ4v) is 4.83. The van der Waals surface area contributed by atoms with Crippen LogP contribution in [-0.2, 0) is 4.74 Å². The maximum absolute atomic E-state index is 12.3. The summed E-state index contributed by atoms with van der Waals surface area (Å²) in [6.45, 7) is 7.54. The first-order valence-corrected chi connectivity index (χ1v) is 8.98. The summed E-state index contributed by atoms with van der Waals surface area (Å²) in [5.74, 6) is 0.512. The van der Waals surface area contributed by atoms with Gasteiger partial charge >= 0.3 is 6.03 Å². The maximum Gasteiger partial charge on any atom is 0.315 e. The van der Waals surface area contributed by atoms with E-state index in [1.54, 1.807) is 0 Å². The van der Waals surface area contributed by atoms with E-state index in [1.165, 1.54) is 12.8 Å². The zero-order chi connectivity index (χ0) is 15.3. The lowest BCUT2D eigenvalue weighted by Crippen LogP contribution is -2.68. The molecule has 2 saturated carbocycles. The van der Waals surface area contributed by atoms with Crippen LogP contribution in [0.25, 0.3) is 0 Å². The molecule has 4 fully saturated rings. The van der Waals surface area contributed by atoms with Crippen molar-refractivity contribution in [2.24, 2.45) is 11.3 Å². The number of amides is 2. The zero-order valence-corrected chi connectivity index (χ0v) is 13.8. The second kappa shape index (κ2) is 5.38.